The molecule has 0 bridgehead atoms. The first-order valence-electron chi connectivity index (χ1n) is 8.91. The number of hydrogen-bond acceptors (Lipinski definition) is 4. The van der Waals surface area contributed by atoms with Gasteiger partial charge >= 0.3 is 0 Å². The lowest BCUT2D eigenvalue weighted by atomic mass is 10.1. The smallest absolute Gasteiger partial charge is 0.242 e. The maximum absolute atomic E-state index is 13.2. The third kappa shape index (κ3) is 4.35. The van der Waals surface area contributed by atoms with Crippen LogP contribution in [0.5, 0.6) is 0 Å². The number of anilines is 1. The molecule has 0 unspecified atom stereocenters. The first-order valence-corrected chi connectivity index (χ1v) is 10.5. The molecule has 1 fully saturated rings. The topological polar surface area (TPSA) is 59.8 Å². The number of amides is 1. The van der Waals surface area contributed by atoms with Gasteiger partial charge in [-0.05, 0) is 43.5 Å². The SMILES string of the molecule is Cc1nnc(S[C@H](C(=O)Nc2cc(Cl)cc(Cl)c2)c2ccccc2)n1C1CC1. The molecule has 1 aliphatic rings. The highest BCUT2D eigenvalue weighted by molar-refractivity contribution is 8.00. The molecule has 144 valence electrons. The quantitative estimate of drug-likeness (QED) is 0.507. The van der Waals surface area contributed by atoms with Gasteiger partial charge in [-0.25, -0.2) is 0 Å². The zero-order valence-corrected chi connectivity index (χ0v) is 17.4. The van der Waals surface area contributed by atoms with E-state index in [0.717, 1.165) is 29.4 Å². The highest BCUT2D eigenvalue weighted by Gasteiger charge is 2.31. The summed E-state index contributed by atoms with van der Waals surface area (Å²) in [7, 11) is 0. The van der Waals surface area contributed by atoms with Crippen LogP contribution in [0.4, 0.5) is 5.69 Å². The Morgan fingerprint density at radius 3 is 2.46 bits per heavy atom. The van der Waals surface area contributed by atoms with Crippen molar-refractivity contribution in [1.82, 2.24) is 14.8 Å². The highest BCUT2D eigenvalue weighted by Crippen LogP contribution is 2.42. The summed E-state index contributed by atoms with van der Waals surface area (Å²) in [5, 5.41) is 12.7. The summed E-state index contributed by atoms with van der Waals surface area (Å²) in [6.45, 7) is 1.95. The molecule has 0 radical (unpaired) electrons. The maximum atomic E-state index is 13.2. The van der Waals surface area contributed by atoms with Crippen LogP contribution in [0.3, 0.4) is 0 Å². The Balaban J connectivity index is 1.63. The molecule has 0 aliphatic heterocycles. The fraction of sp³-hybridized carbons (Fsp3) is 0.250. The molecule has 1 atom stereocenters. The minimum absolute atomic E-state index is 0.169. The molecular weight excluding hydrogens is 415 g/mol. The number of thioether (sulfide) groups is 1. The van der Waals surface area contributed by atoms with Crippen LogP contribution in [-0.4, -0.2) is 20.7 Å². The van der Waals surface area contributed by atoms with Gasteiger partial charge in [0.15, 0.2) is 5.16 Å². The Morgan fingerprint density at radius 2 is 1.82 bits per heavy atom. The number of nitrogens with zero attached hydrogens (tertiary/aromatic N) is 3. The number of benzene rings is 2. The third-order valence-corrected chi connectivity index (χ3v) is 6.09. The van der Waals surface area contributed by atoms with E-state index < -0.39 is 5.25 Å². The number of carbonyl (C=O) groups is 1. The lowest BCUT2D eigenvalue weighted by Gasteiger charge is -2.17. The van der Waals surface area contributed by atoms with E-state index >= 15 is 0 Å². The number of aromatic nitrogens is 3. The van der Waals surface area contributed by atoms with Crippen LogP contribution in [-0.2, 0) is 4.79 Å². The standard InChI is InChI=1S/C20H18Cl2N4OS/c1-12-24-25-20(26(12)17-7-8-17)28-18(13-5-3-2-4-6-13)19(27)23-16-10-14(21)9-15(22)11-16/h2-6,9-11,17-18H,7-8H2,1H3,(H,23,27)/t18-/m0/s1. The van der Waals surface area contributed by atoms with Crippen LogP contribution in [0.1, 0.15) is 35.5 Å². The van der Waals surface area contributed by atoms with Crippen molar-refractivity contribution < 1.29 is 4.79 Å². The lowest BCUT2D eigenvalue weighted by molar-refractivity contribution is -0.115. The van der Waals surface area contributed by atoms with Crippen molar-refractivity contribution in [3.05, 3.63) is 70.0 Å². The molecule has 1 N–H and O–H groups in total. The normalized spacial score (nSPS) is 14.7. The molecule has 1 aliphatic carbocycles. The molecule has 4 rings (SSSR count). The van der Waals surface area contributed by atoms with Crippen LogP contribution in [0, 0.1) is 6.92 Å². The Hall–Kier alpha value is -2.02. The predicted octanol–water partition coefficient (Wildman–Crippen LogP) is 5.70. The van der Waals surface area contributed by atoms with Gasteiger partial charge in [0, 0.05) is 21.8 Å². The van der Waals surface area contributed by atoms with Gasteiger partial charge in [-0.3, -0.25) is 4.79 Å². The average molecular weight is 433 g/mol. The molecular formula is C20H18Cl2N4OS. The van der Waals surface area contributed by atoms with Gasteiger partial charge in [0.1, 0.15) is 11.1 Å². The summed E-state index contributed by atoms with van der Waals surface area (Å²) in [6, 6.07) is 15.1. The maximum Gasteiger partial charge on any atom is 0.242 e. The van der Waals surface area contributed by atoms with Gasteiger partial charge in [0.25, 0.3) is 0 Å². The molecule has 2 aromatic carbocycles. The second kappa shape index (κ2) is 8.15. The summed E-state index contributed by atoms with van der Waals surface area (Å²) in [6.07, 6.45) is 2.24. The van der Waals surface area contributed by atoms with Crippen molar-refractivity contribution in [2.45, 2.75) is 36.2 Å². The highest BCUT2D eigenvalue weighted by atomic mass is 35.5. The van der Waals surface area contributed by atoms with Crippen LogP contribution in [0.15, 0.2) is 53.7 Å². The van der Waals surface area contributed by atoms with E-state index in [1.807, 2.05) is 37.3 Å². The molecule has 0 spiro atoms. The van der Waals surface area contributed by atoms with Crippen LogP contribution >= 0.6 is 35.0 Å². The first-order chi connectivity index (χ1) is 13.5. The fourth-order valence-corrected chi connectivity index (χ4v) is 4.70. The van der Waals surface area contributed by atoms with Gasteiger partial charge in [0.05, 0.1) is 0 Å². The second-order valence-electron chi connectivity index (χ2n) is 6.69. The van der Waals surface area contributed by atoms with Crippen molar-refractivity contribution in [1.29, 1.82) is 0 Å². The number of carbonyl (C=O) groups excluding carboxylic acids is 1. The minimum Gasteiger partial charge on any atom is -0.325 e. The summed E-state index contributed by atoms with van der Waals surface area (Å²) < 4.78 is 2.13. The Bertz CT molecular complexity index is 984. The number of hydrogen-bond donors (Lipinski definition) is 1. The third-order valence-electron chi connectivity index (χ3n) is 4.44. The largest absolute Gasteiger partial charge is 0.325 e. The molecule has 1 saturated carbocycles. The van der Waals surface area contributed by atoms with Crippen molar-refractivity contribution in [3.8, 4) is 0 Å². The molecule has 8 heteroatoms. The van der Waals surface area contributed by atoms with Gasteiger partial charge in [-0.15, -0.1) is 10.2 Å². The number of halogens is 2. The second-order valence-corrected chi connectivity index (χ2v) is 8.63. The molecule has 1 aromatic heterocycles. The zero-order valence-electron chi connectivity index (χ0n) is 15.1. The summed E-state index contributed by atoms with van der Waals surface area (Å²) in [5.41, 5.74) is 1.45. The number of nitrogens with one attached hydrogen (secondary N) is 1. The number of rotatable bonds is 6. The summed E-state index contributed by atoms with van der Waals surface area (Å²) in [4.78, 5) is 13.2. The van der Waals surface area contributed by atoms with Gasteiger partial charge in [-0.1, -0.05) is 65.3 Å². The van der Waals surface area contributed by atoms with Crippen molar-refractivity contribution in [3.63, 3.8) is 0 Å². The van der Waals surface area contributed by atoms with E-state index in [1.165, 1.54) is 11.8 Å². The van der Waals surface area contributed by atoms with E-state index in [2.05, 4.69) is 20.1 Å². The Kier molecular flexibility index (Phi) is 5.62. The molecule has 28 heavy (non-hydrogen) atoms. The Morgan fingerprint density at radius 1 is 1.14 bits per heavy atom. The van der Waals surface area contributed by atoms with Crippen molar-refractivity contribution in [2.75, 3.05) is 5.32 Å². The summed E-state index contributed by atoms with van der Waals surface area (Å²) >= 11 is 13.5. The first kappa shape index (κ1) is 19.3. The van der Waals surface area contributed by atoms with E-state index in [4.69, 9.17) is 23.2 Å². The molecule has 1 heterocycles. The van der Waals surface area contributed by atoms with E-state index in [9.17, 15) is 4.79 Å². The molecule has 3 aromatic rings. The zero-order chi connectivity index (χ0) is 19.7. The predicted molar refractivity (Wildman–Crippen MR) is 113 cm³/mol. The van der Waals surface area contributed by atoms with Crippen molar-refractivity contribution >= 4 is 46.6 Å². The van der Waals surface area contributed by atoms with Crippen molar-refractivity contribution in [2.24, 2.45) is 0 Å². The monoisotopic (exact) mass is 432 g/mol. The number of aryl methyl sites for hydroxylation is 1. The van der Waals surface area contributed by atoms with Gasteiger partial charge in [-0.2, -0.15) is 0 Å². The molecule has 1 amide bonds. The minimum atomic E-state index is -0.486. The van der Waals surface area contributed by atoms with Crippen LogP contribution in [0.25, 0.3) is 0 Å². The summed E-state index contributed by atoms with van der Waals surface area (Å²) in [5.74, 6) is 0.705. The molecule has 5 nitrogen and oxygen atoms in total. The molecule has 0 saturated heterocycles. The van der Waals surface area contributed by atoms with Gasteiger partial charge < -0.3 is 9.88 Å². The van der Waals surface area contributed by atoms with E-state index in [-0.39, 0.29) is 5.91 Å². The van der Waals surface area contributed by atoms with Crippen LogP contribution < -0.4 is 5.32 Å². The van der Waals surface area contributed by atoms with Crippen LogP contribution in [0.2, 0.25) is 10.0 Å². The Labute approximate surface area is 177 Å². The van der Waals surface area contributed by atoms with E-state index in [0.29, 0.717) is 21.8 Å². The lowest BCUT2D eigenvalue weighted by Crippen LogP contribution is -2.19. The fourth-order valence-electron chi connectivity index (χ4n) is 3.02. The average Bonchev–Trinajstić information content (AvgIpc) is 3.42. The van der Waals surface area contributed by atoms with Gasteiger partial charge in [0.2, 0.25) is 5.91 Å². The van der Waals surface area contributed by atoms with E-state index in [1.54, 1.807) is 18.2 Å².